The number of hydrogen-bond acceptors (Lipinski definition) is 2. The van der Waals surface area contributed by atoms with Crippen LogP contribution in [0.3, 0.4) is 0 Å². The van der Waals surface area contributed by atoms with Gasteiger partial charge < -0.3 is 5.32 Å². The molecule has 0 atom stereocenters. The van der Waals surface area contributed by atoms with Crippen LogP contribution >= 0.6 is 0 Å². The standard InChI is InChI=1S/C11H17N3O/c1-14-10(6-7-13-14)11(15)12-8-9-4-2-3-5-9/h6-7,9H,2-5,8H2,1H3,(H,12,15). The lowest BCUT2D eigenvalue weighted by Crippen LogP contribution is -2.29. The van der Waals surface area contributed by atoms with Crippen LogP contribution in [0.25, 0.3) is 0 Å². The number of aryl methyl sites for hydroxylation is 1. The van der Waals surface area contributed by atoms with Crippen LogP contribution in [0.1, 0.15) is 36.2 Å². The van der Waals surface area contributed by atoms with Crippen LogP contribution in [-0.2, 0) is 7.05 Å². The molecule has 0 spiro atoms. The number of nitrogens with zero attached hydrogens (tertiary/aromatic N) is 2. The first-order valence-corrected chi connectivity index (χ1v) is 5.53. The SMILES string of the molecule is Cn1nccc1C(=O)NCC1CCCC1. The third-order valence-electron chi connectivity index (χ3n) is 3.08. The van der Waals surface area contributed by atoms with Gasteiger partial charge in [-0.1, -0.05) is 12.8 Å². The Morgan fingerprint density at radius 3 is 2.93 bits per heavy atom. The molecule has 15 heavy (non-hydrogen) atoms. The minimum atomic E-state index is -0.0121. The van der Waals surface area contributed by atoms with Crippen molar-refractivity contribution in [1.82, 2.24) is 15.1 Å². The van der Waals surface area contributed by atoms with E-state index in [2.05, 4.69) is 10.4 Å². The number of aromatic nitrogens is 2. The van der Waals surface area contributed by atoms with E-state index in [1.165, 1.54) is 25.7 Å². The van der Waals surface area contributed by atoms with E-state index in [-0.39, 0.29) is 5.91 Å². The van der Waals surface area contributed by atoms with Crippen LogP contribution in [0.5, 0.6) is 0 Å². The molecule has 2 rings (SSSR count). The summed E-state index contributed by atoms with van der Waals surface area (Å²) in [7, 11) is 1.78. The number of hydrogen-bond donors (Lipinski definition) is 1. The monoisotopic (exact) mass is 207 g/mol. The Bertz CT molecular complexity index is 339. The maximum atomic E-state index is 11.7. The third kappa shape index (κ3) is 2.37. The molecule has 0 bridgehead atoms. The molecule has 1 heterocycles. The Morgan fingerprint density at radius 2 is 2.33 bits per heavy atom. The first-order chi connectivity index (χ1) is 7.27. The van der Waals surface area contributed by atoms with Gasteiger partial charge in [-0.3, -0.25) is 9.48 Å². The van der Waals surface area contributed by atoms with Gasteiger partial charge in [0, 0.05) is 19.8 Å². The highest BCUT2D eigenvalue weighted by molar-refractivity contribution is 5.92. The summed E-state index contributed by atoms with van der Waals surface area (Å²) in [6.07, 6.45) is 6.78. The molecule has 1 aliphatic rings. The Balaban J connectivity index is 1.84. The van der Waals surface area contributed by atoms with E-state index < -0.39 is 0 Å². The zero-order valence-corrected chi connectivity index (χ0v) is 9.07. The lowest BCUT2D eigenvalue weighted by Gasteiger charge is -2.10. The topological polar surface area (TPSA) is 46.9 Å². The van der Waals surface area contributed by atoms with Crippen LogP contribution in [0.2, 0.25) is 0 Å². The molecule has 1 aromatic rings. The van der Waals surface area contributed by atoms with Crippen LogP contribution < -0.4 is 5.32 Å². The second kappa shape index (κ2) is 4.47. The van der Waals surface area contributed by atoms with Gasteiger partial charge in [-0.05, 0) is 24.8 Å². The quantitative estimate of drug-likeness (QED) is 0.813. The second-order valence-corrected chi connectivity index (χ2v) is 4.20. The second-order valence-electron chi connectivity index (χ2n) is 4.20. The number of carbonyl (C=O) groups is 1. The summed E-state index contributed by atoms with van der Waals surface area (Å²) in [5, 5.41) is 6.94. The zero-order valence-electron chi connectivity index (χ0n) is 9.07. The maximum Gasteiger partial charge on any atom is 0.269 e. The number of carbonyl (C=O) groups excluding carboxylic acids is 1. The molecule has 1 saturated carbocycles. The summed E-state index contributed by atoms with van der Waals surface area (Å²) in [4.78, 5) is 11.7. The molecule has 0 unspecified atom stereocenters. The van der Waals surface area contributed by atoms with Crippen molar-refractivity contribution >= 4 is 5.91 Å². The van der Waals surface area contributed by atoms with Crippen molar-refractivity contribution in [3.63, 3.8) is 0 Å². The largest absolute Gasteiger partial charge is 0.350 e. The molecule has 0 radical (unpaired) electrons. The molecular formula is C11H17N3O. The van der Waals surface area contributed by atoms with Gasteiger partial charge >= 0.3 is 0 Å². The third-order valence-corrected chi connectivity index (χ3v) is 3.08. The number of amides is 1. The van der Waals surface area contributed by atoms with Gasteiger partial charge in [-0.2, -0.15) is 5.10 Å². The van der Waals surface area contributed by atoms with Gasteiger partial charge in [0.25, 0.3) is 5.91 Å². The van der Waals surface area contributed by atoms with E-state index >= 15 is 0 Å². The first-order valence-electron chi connectivity index (χ1n) is 5.53. The van der Waals surface area contributed by atoms with E-state index in [1.54, 1.807) is 24.0 Å². The molecule has 82 valence electrons. The molecule has 0 saturated heterocycles. The summed E-state index contributed by atoms with van der Waals surface area (Å²) in [5.74, 6) is 0.670. The lowest BCUT2D eigenvalue weighted by atomic mass is 10.1. The van der Waals surface area contributed by atoms with Crippen molar-refractivity contribution in [3.05, 3.63) is 18.0 Å². The van der Waals surface area contributed by atoms with Gasteiger partial charge in [0.2, 0.25) is 0 Å². The fourth-order valence-electron chi connectivity index (χ4n) is 2.14. The summed E-state index contributed by atoms with van der Waals surface area (Å²) >= 11 is 0. The summed E-state index contributed by atoms with van der Waals surface area (Å²) in [5.41, 5.74) is 0.632. The average molecular weight is 207 g/mol. The van der Waals surface area contributed by atoms with E-state index in [4.69, 9.17) is 0 Å². The highest BCUT2D eigenvalue weighted by atomic mass is 16.2. The van der Waals surface area contributed by atoms with Crippen LogP contribution in [0.15, 0.2) is 12.3 Å². The smallest absolute Gasteiger partial charge is 0.269 e. The Hall–Kier alpha value is -1.32. The van der Waals surface area contributed by atoms with Gasteiger partial charge in [0.15, 0.2) is 0 Å². The molecule has 1 N–H and O–H groups in total. The van der Waals surface area contributed by atoms with E-state index in [0.717, 1.165) is 6.54 Å². The van der Waals surface area contributed by atoms with Gasteiger partial charge in [-0.25, -0.2) is 0 Å². The van der Waals surface area contributed by atoms with Gasteiger partial charge in [-0.15, -0.1) is 0 Å². The lowest BCUT2D eigenvalue weighted by molar-refractivity contribution is 0.0938. The Kier molecular flexibility index (Phi) is 3.04. The number of rotatable bonds is 3. The van der Waals surface area contributed by atoms with Crippen molar-refractivity contribution in [2.75, 3.05) is 6.54 Å². The maximum absolute atomic E-state index is 11.7. The molecule has 4 heteroatoms. The van der Waals surface area contributed by atoms with Crippen LogP contribution in [-0.4, -0.2) is 22.2 Å². The predicted molar refractivity (Wildman–Crippen MR) is 57.5 cm³/mol. The summed E-state index contributed by atoms with van der Waals surface area (Å²) < 4.78 is 1.60. The first kappa shape index (κ1) is 10.2. The molecule has 0 aromatic carbocycles. The van der Waals surface area contributed by atoms with Crippen molar-refractivity contribution in [1.29, 1.82) is 0 Å². The van der Waals surface area contributed by atoms with Crippen molar-refractivity contribution in [2.45, 2.75) is 25.7 Å². The number of nitrogens with one attached hydrogen (secondary N) is 1. The minimum absolute atomic E-state index is 0.0121. The Morgan fingerprint density at radius 1 is 1.60 bits per heavy atom. The van der Waals surface area contributed by atoms with Gasteiger partial charge in [0.05, 0.1) is 0 Å². The molecule has 1 fully saturated rings. The van der Waals surface area contributed by atoms with Gasteiger partial charge in [0.1, 0.15) is 5.69 Å². The highest BCUT2D eigenvalue weighted by Crippen LogP contribution is 2.23. The molecule has 1 aromatic heterocycles. The minimum Gasteiger partial charge on any atom is -0.350 e. The summed E-state index contributed by atoms with van der Waals surface area (Å²) in [6, 6.07) is 1.74. The predicted octanol–water partition coefficient (Wildman–Crippen LogP) is 1.34. The van der Waals surface area contributed by atoms with Crippen LogP contribution in [0, 0.1) is 5.92 Å². The van der Waals surface area contributed by atoms with Crippen molar-refractivity contribution in [3.8, 4) is 0 Å². The van der Waals surface area contributed by atoms with Crippen LogP contribution in [0.4, 0.5) is 0 Å². The van der Waals surface area contributed by atoms with E-state index in [9.17, 15) is 4.79 Å². The molecule has 4 nitrogen and oxygen atoms in total. The molecular weight excluding hydrogens is 190 g/mol. The normalized spacial score (nSPS) is 16.9. The molecule has 0 aliphatic heterocycles. The fourth-order valence-corrected chi connectivity index (χ4v) is 2.14. The zero-order chi connectivity index (χ0) is 10.7. The van der Waals surface area contributed by atoms with Crippen molar-refractivity contribution < 1.29 is 4.79 Å². The fraction of sp³-hybridized carbons (Fsp3) is 0.636. The Labute approximate surface area is 89.7 Å². The molecule has 1 amide bonds. The highest BCUT2D eigenvalue weighted by Gasteiger charge is 2.16. The molecule has 1 aliphatic carbocycles. The van der Waals surface area contributed by atoms with Crippen molar-refractivity contribution in [2.24, 2.45) is 13.0 Å². The summed E-state index contributed by atoms with van der Waals surface area (Å²) in [6.45, 7) is 0.810. The van der Waals surface area contributed by atoms with E-state index in [1.807, 2.05) is 0 Å². The van der Waals surface area contributed by atoms with E-state index in [0.29, 0.717) is 11.6 Å². The average Bonchev–Trinajstić information content (AvgIpc) is 2.84.